The summed E-state index contributed by atoms with van der Waals surface area (Å²) in [6.45, 7) is 4.20. The third kappa shape index (κ3) is 3.79. The van der Waals surface area contributed by atoms with Crippen LogP contribution in [-0.2, 0) is 21.2 Å². The van der Waals surface area contributed by atoms with Gasteiger partial charge < -0.3 is 9.64 Å². The van der Waals surface area contributed by atoms with Crippen molar-refractivity contribution in [3.8, 4) is 0 Å². The molecule has 0 saturated carbocycles. The lowest BCUT2D eigenvalue weighted by Gasteiger charge is -2.20. The van der Waals surface area contributed by atoms with Crippen LogP contribution in [0.15, 0.2) is 24.3 Å². The minimum absolute atomic E-state index is 0.00947. The molecule has 2 aliphatic heterocycles. The number of carbonyl (C=O) groups excluding carboxylic acids is 1. The van der Waals surface area contributed by atoms with Gasteiger partial charge in [0.05, 0.1) is 19.0 Å². The number of carbonyl (C=O) groups is 1. The highest BCUT2D eigenvalue weighted by Crippen LogP contribution is 2.34. The van der Waals surface area contributed by atoms with Crippen LogP contribution in [0.25, 0.3) is 0 Å². The van der Waals surface area contributed by atoms with Crippen molar-refractivity contribution < 1.29 is 17.9 Å². The van der Waals surface area contributed by atoms with Crippen molar-refractivity contribution in [2.24, 2.45) is 11.8 Å². The van der Waals surface area contributed by atoms with Crippen molar-refractivity contribution in [1.29, 1.82) is 0 Å². The Morgan fingerprint density at radius 2 is 2.00 bits per heavy atom. The molecule has 0 bridgehead atoms. The second-order valence-electron chi connectivity index (χ2n) is 6.68. The van der Waals surface area contributed by atoms with Crippen LogP contribution in [0.1, 0.15) is 22.8 Å². The van der Waals surface area contributed by atoms with Gasteiger partial charge in [-0.25, -0.2) is 13.1 Å². The van der Waals surface area contributed by atoms with Crippen molar-refractivity contribution >= 4 is 15.9 Å². The minimum atomic E-state index is -3.21. The van der Waals surface area contributed by atoms with Gasteiger partial charge in [0.1, 0.15) is 0 Å². The number of hydrogen-bond donors (Lipinski definition) is 1. The molecule has 132 valence electrons. The summed E-state index contributed by atoms with van der Waals surface area (Å²) >= 11 is 0. The highest BCUT2D eigenvalue weighted by Gasteiger charge is 2.45. The number of sulfonamides is 1. The second kappa shape index (κ2) is 6.82. The number of nitrogens with zero attached hydrogens (tertiary/aromatic N) is 1. The highest BCUT2D eigenvalue weighted by atomic mass is 32.2. The van der Waals surface area contributed by atoms with Gasteiger partial charge in [-0.3, -0.25) is 4.79 Å². The molecule has 24 heavy (non-hydrogen) atoms. The second-order valence-corrected chi connectivity index (χ2v) is 8.51. The van der Waals surface area contributed by atoms with Gasteiger partial charge in [0.25, 0.3) is 5.91 Å². The number of ether oxygens (including phenoxy) is 1. The van der Waals surface area contributed by atoms with E-state index in [4.69, 9.17) is 4.74 Å². The fourth-order valence-corrected chi connectivity index (χ4v) is 4.02. The molecule has 1 aromatic carbocycles. The first-order chi connectivity index (χ1) is 11.4. The predicted molar refractivity (Wildman–Crippen MR) is 91.3 cm³/mol. The molecule has 0 radical (unpaired) electrons. The van der Waals surface area contributed by atoms with Gasteiger partial charge in [0.2, 0.25) is 10.0 Å². The van der Waals surface area contributed by atoms with E-state index in [2.05, 4.69) is 11.6 Å². The largest absolute Gasteiger partial charge is 0.376 e. The van der Waals surface area contributed by atoms with Crippen molar-refractivity contribution in [3.05, 3.63) is 35.4 Å². The van der Waals surface area contributed by atoms with E-state index in [-0.39, 0.29) is 23.8 Å². The van der Waals surface area contributed by atoms with Gasteiger partial charge in [-0.2, -0.15) is 0 Å². The first-order valence-electron chi connectivity index (χ1n) is 8.32. The van der Waals surface area contributed by atoms with Crippen molar-refractivity contribution in [2.45, 2.75) is 19.4 Å². The summed E-state index contributed by atoms with van der Waals surface area (Å²) in [6.07, 6.45) is 2.12. The van der Waals surface area contributed by atoms with Crippen LogP contribution in [0.5, 0.6) is 0 Å². The molecule has 0 aromatic heterocycles. The number of nitrogens with one attached hydrogen (secondary N) is 1. The van der Waals surface area contributed by atoms with E-state index >= 15 is 0 Å². The fourth-order valence-electron chi connectivity index (χ4n) is 3.50. The molecular weight excluding hydrogens is 328 g/mol. The summed E-state index contributed by atoms with van der Waals surface area (Å²) in [5.74, 6) is 0.327. The lowest BCUT2D eigenvalue weighted by Crippen LogP contribution is -2.35. The van der Waals surface area contributed by atoms with Crippen LogP contribution in [0.3, 0.4) is 0 Å². The zero-order chi connectivity index (χ0) is 17.3. The molecule has 7 heteroatoms. The fraction of sp³-hybridized carbons (Fsp3) is 0.588. The Kier molecular flexibility index (Phi) is 4.94. The Labute approximate surface area is 143 Å². The van der Waals surface area contributed by atoms with Gasteiger partial charge in [0.15, 0.2) is 0 Å². The molecule has 1 N–H and O–H groups in total. The number of hydrogen-bond acceptors (Lipinski definition) is 4. The molecule has 2 saturated heterocycles. The number of rotatable bonds is 5. The van der Waals surface area contributed by atoms with Gasteiger partial charge in [-0.15, -0.1) is 0 Å². The van der Waals surface area contributed by atoms with Crippen LogP contribution >= 0.6 is 0 Å². The summed E-state index contributed by atoms with van der Waals surface area (Å²) < 4.78 is 30.9. The van der Waals surface area contributed by atoms with E-state index in [1.54, 1.807) is 0 Å². The smallest absolute Gasteiger partial charge is 0.253 e. The third-order valence-corrected chi connectivity index (χ3v) is 5.63. The lowest BCUT2D eigenvalue weighted by molar-refractivity contribution is 0.0678. The monoisotopic (exact) mass is 352 g/mol. The zero-order valence-corrected chi connectivity index (χ0v) is 14.9. The van der Waals surface area contributed by atoms with Crippen LogP contribution < -0.4 is 4.72 Å². The van der Waals surface area contributed by atoms with Gasteiger partial charge in [-0.05, 0) is 24.1 Å². The van der Waals surface area contributed by atoms with Crippen LogP contribution in [0, 0.1) is 11.8 Å². The summed E-state index contributed by atoms with van der Waals surface area (Å²) in [5, 5.41) is 0. The van der Waals surface area contributed by atoms with Crippen molar-refractivity contribution in [2.75, 3.05) is 32.5 Å². The molecular formula is C17H24N2O4S. The zero-order valence-electron chi connectivity index (χ0n) is 14.1. The Hall–Kier alpha value is -1.44. The Morgan fingerprint density at radius 3 is 2.62 bits per heavy atom. The number of benzene rings is 1. The topological polar surface area (TPSA) is 75.7 Å². The van der Waals surface area contributed by atoms with Gasteiger partial charge in [-0.1, -0.05) is 19.1 Å². The average molecular weight is 352 g/mol. The lowest BCUT2D eigenvalue weighted by atomic mass is 9.93. The molecule has 2 fully saturated rings. The van der Waals surface area contributed by atoms with Gasteiger partial charge >= 0.3 is 0 Å². The molecule has 2 heterocycles. The van der Waals surface area contributed by atoms with E-state index in [0.29, 0.717) is 31.8 Å². The van der Waals surface area contributed by atoms with Crippen molar-refractivity contribution in [3.63, 3.8) is 0 Å². The van der Waals surface area contributed by atoms with Crippen LogP contribution in [0.2, 0.25) is 0 Å². The first-order valence-corrected chi connectivity index (χ1v) is 10.2. The SMILES string of the molecule is CCc1ccc(C(=O)N2C[C@@H]3[C@H](CNS(C)(=O)=O)CO[C@@H]3C2)cc1. The summed E-state index contributed by atoms with van der Waals surface area (Å²) in [4.78, 5) is 14.5. The standard InChI is InChI=1S/C17H24N2O4S/c1-3-12-4-6-13(7-5-12)17(20)19-9-15-14(8-18-24(2,21)22)11-23-16(15)10-19/h4-7,14-16,18H,3,8-11H2,1-2H3/t14-,15-,16-/m1/s1. The maximum absolute atomic E-state index is 12.7. The van der Waals surface area contributed by atoms with E-state index in [0.717, 1.165) is 12.7 Å². The number of aryl methyl sites for hydroxylation is 1. The third-order valence-electron chi connectivity index (χ3n) is 4.94. The van der Waals surface area contributed by atoms with E-state index in [1.165, 1.54) is 5.56 Å². The molecule has 1 aromatic rings. The summed E-state index contributed by atoms with van der Waals surface area (Å²) in [6, 6.07) is 7.72. The maximum atomic E-state index is 12.7. The van der Waals surface area contributed by atoms with E-state index in [9.17, 15) is 13.2 Å². The summed E-state index contributed by atoms with van der Waals surface area (Å²) in [7, 11) is -3.21. The minimum Gasteiger partial charge on any atom is -0.376 e. The van der Waals surface area contributed by atoms with Crippen molar-refractivity contribution in [1.82, 2.24) is 9.62 Å². The van der Waals surface area contributed by atoms with E-state index in [1.807, 2.05) is 29.2 Å². The number of likely N-dealkylation sites (tertiary alicyclic amines) is 1. The predicted octanol–water partition coefficient (Wildman–Crippen LogP) is 0.885. The number of amides is 1. The molecule has 0 aliphatic carbocycles. The van der Waals surface area contributed by atoms with E-state index < -0.39 is 10.0 Å². The molecule has 3 rings (SSSR count). The molecule has 1 amide bonds. The van der Waals surface area contributed by atoms with Crippen LogP contribution in [0.4, 0.5) is 0 Å². The Balaban J connectivity index is 1.63. The Bertz CT molecular complexity index is 702. The normalized spacial score (nSPS) is 26.6. The molecule has 3 atom stereocenters. The molecule has 0 unspecified atom stereocenters. The Morgan fingerprint density at radius 1 is 1.29 bits per heavy atom. The quantitative estimate of drug-likeness (QED) is 0.854. The molecule has 6 nitrogen and oxygen atoms in total. The maximum Gasteiger partial charge on any atom is 0.253 e. The van der Waals surface area contributed by atoms with Crippen LogP contribution in [-0.4, -0.2) is 57.8 Å². The average Bonchev–Trinajstić information content (AvgIpc) is 3.12. The number of fused-ring (bicyclic) bond motifs is 1. The van der Waals surface area contributed by atoms with Gasteiger partial charge in [0, 0.05) is 37.0 Å². The first kappa shape index (κ1) is 17.4. The summed E-state index contributed by atoms with van der Waals surface area (Å²) in [5.41, 5.74) is 1.90. The highest BCUT2D eigenvalue weighted by molar-refractivity contribution is 7.88. The molecule has 2 aliphatic rings. The molecule has 0 spiro atoms.